The fraction of sp³-hybridized carbons (Fsp3) is 0.0500. The van der Waals surface area contributed by atoms with Crippen LogP contribution in [0.3, 0.4) is 0 Å². The minimum atomic E-state index is -3.85. The third-order valence-electron chi connectivity index (χ3n) is 3.93. The van der Waals surface area contributed by atoms with Gasteiger partial charge in [0, 0.05) is 16.9 Å². The Labute approximate surface area is 178 Å². The van der Waals surface area contributed by atoms with Gasteiger partial charge in [-0.05, 0) is 60.7 Å². The molecular formula is C20H16Cl2N2O4S. The van der Waals surface area contributed by atoms with Crippen molar-refractivity contribution in [1.82, 2.24) is 0 Å². The molecule has 0 aliphatic carbocycles. The lowest BCUT2D eigenvalue weighted by atomic mass is 10.2. The number of ether oxygens (including phenoxy) is 1. The molecule has 0 aliphatic heterocycles. The second-order valence-corrected chi connectivity index (χ2v) is 8.44. The van der Waals surface area contributed by atoms with E-state index in [2.05, 4.69) is 10.0 Å². The summed E-state index contributed by atoms with van der Waals surface area (Å²) in [7, 11) is -2.32. The van der Waals surface area contributed by atoms with E-state index in [-0.39, 0.29) is 9.92 Å². The quantitative estimate of drug-likeness (QED) is 0.549. The summed E-state index contributed by atoms with van der Waals surface area (Å²) in [5.74, 6) is 0.168. The van der Waals surface area contributed by atoms with Crippen LogP contribution in [0, 0.1) is 0 Å². The van der Waals surface area contributed by atoms with Gasteiger partial charge in [0.1, 0.15) is 5.75 Å². The summed E-state index contributed by atoms with van der Waals surface area (Å²) in [6, 6.07) is 16.9. The molecule has 0 bridgehead atoms. The van der Waals surface area contributed by atoms with Crippen molar-refractivity contribution in [2.75, 3.05) is 17.1 Å². The Hall–Kier alpha value is -2.74. The molecular weight excluding hydrogens is 435 g/mol. The van der Waals surface area contributed by atoms with Crippen LogP contribution >= 0.6 is 23.2 Å². The molecule has 0 aromatic heterocycles. The highest BCUT2D eigenvalue weighted by Gasteiger charge is 2.16. The first-order chi connectivity index (χ1) is 13.8. The third kappa shape index (κ3) is 5.20. The summed E-state index contributed by atoms with van der Waals surface area (Å²) in [4.78, 5) is 12.4. The van der Waals surface area contributed by atoms with Gasteiger partial charge >= 0.3 is 0 Å². The summed E-state index contributed by atoms with van der Waals surface area (Å²) >= 11 is 11.8. The summed E-state index contributed by atoms with van der Waals surface area (Å²) in [5.41, 5.74) is 0.999. The molecule has 0 fully saturated rings. The molecule has 29 heavy (non-hydrogen) atoms. The number of sulfonamides is 1. The molecule has 9 heteroatoms. The van der Waals surface area contributed by atoms with E-state index >= 15 is 0 Å². The number of amides is 1. The average molecular weight is 451 g/mol. The van der Waals surface area contributed by atoms with Crippen LogP contribution in [0.1, 0.15) is 10.4 Å². The molecule has 1 amide bonds. The number of carbonyl (C=O) groups is 1. The smallest absolute Gasteiger partial charge is 0.261 e. The van der Waals surface area contributed by atoms with E-state index in [1.807, 2.05) is 0 Å². The predicted octanol–water partition coefficient (Wildman–Crippen LogP) is 5.06. The van der Waals surface area contributed by atoms with Crippen LogP contribution in [0.15, 0.2) is 71.6 Å². The van der Waals surface area contributed by atoms with E-state index < -0.39 is 15.9 Å². The van der Waals surface area contributed by atoms with Gasteiger partial charge in [-0.15, -0.1) is 0 Å². The highest BCUT2D eigenvalue weighted by atomic mass is 35.5. The summed E-state index contributed by atoms with van der Waals surface area (Å²) in [6.07, 6.45) is 0. The number of methoxy groups -OCH3 is 1. The Morgan fingerprint density at radius 2 is 1.62 bits per heavy atom. The van der Waals surface area contributed by atoms with E-state index in [9.17, 15) is 13.2 Å². The number of halogens is 2. The molecule has 0 unspecified atom stereocenters. The van der Waals surface area contributed by atoms with Crippen LogP contribution in [-0.2, 0) is 10.0 Å². The van der Waals surface area contributed by atoms with Crippen molar-refractivity contribution in [1.29, 1.82) is 0 Å². The minimum Gasteiger partial charge on any atom is -0.497 e. The molecule has 6 nitrogen and oxygen atoms in total. The van der Waals surface area contributed by atoms with E-state index in [1.165, 1.54) is 43.5 Å². The second kappa shape index (κ2) is 8.73. The lowest BCUT2D eigenvalue weighted by Gasteiger charge is -2.11. The van der Waals surface area contributed by atoms with Crippen LogP contribution in [0.4, 0.5) is 11.4 Å². The zero-order chi connectivity index (χ0) is 21.0. The van der Waals surface area contributed by atoms with Crippen molar-refractivity contribution in [2.24, 2.45) is 0 Å². The van der Waals surface area contributed by atoms with Crippen LogP contribution in [-0.4, -0.2) is 21.4 Å². The number of nitrogens with one attached hydrogen (secondary N) is 2. The summed E-state index contributed by atoms with van der Waals surface area (Å²) < 4.78 is 32.9. The van der Waals surface area contributed by atoms with Crippen LogP contribution in [0.25, 0.3) is 0 Å². The molecule has 3 aromatic rings. The Kier molecular flexibility index (Phi) is 6.32. The van der Waals surface area contributed by atoms with Crippen molar-refractivity contribution in [3.05, 3.63) is 82.3 Å². The summed E-state index contributed by atoms with van der Waals surface area (Å²) in [5, 5.41) is 3.23. The first-order valence-electron chi connectivity index (χ1n) is 8.32. The highest BCUT2D eigenvalue weighted by Crippen LogP contribution is 2.24. The first-order valence-corrected chi connectivity index (χ1v) is 10.6. The zero-order valence-corrected chi connectivity index (χ0v) is 17.5. The SMILES string of the molecule is COc1ccc(NS(=O)(=O)c2cccc(NC(=O)c3ccc(Cl)c(Cl)c3)c2)cc1. The van der Waals surface area contributed by atoms with Gasteiger partial charge in [0.15, 0.2) is 0 Å². The van der Waals surface area contributed by atoms with Gasteiger partial charge in [0.2, 0.25) is 0 Å². The predicted molar refractivity (Wildman–Crippen MR) is 115 cm³/mol. The Bertz CT molecular complexity index is 1150. The van der Waals surface area contributed by atoms with Gasteiger partial charge in [0.05, 0.1) is 22.1 Å². The number of rotatable bonds is 6. The highest BCUT2D eigenvalue weighted by molar-refractivity contribution is 7.92. The summed E-state index contributed by atoms with van der Waals surface area (Å²) in [6.45, 7) is 0. The average Bonchev–Trinajstić information content (AvgIpc) is 2.70. The maximum Gasteiger partial charge on any atom is 0.261 e. The molecule has 150 valence electrons. The lowest BCUT2D eigenvalue weighted by Crippen LogP contribution is -2.15. The van der Waals surface area contributed by atoms with Crippen molar-refractivity contribution in [3.63, 3.8) is 0 Å². The molecule has 0 saturated carbocycles. The Balaban J connectivity index is 1.78. The Morgan fingerprint density at radius 1 is 0.897 bits per heavy atom. The van der Waals surface area contributed by atoms with E-state index in [4.69, 9.17) is 27.9 Å². The molecule has 0 radical (unpaired) electrons. The number of benzene rings is 3. The number of hydrogen-bond donors (Lipinski definition) is 2. The van der Waals surface area contributed by atoms with Crippen molar-refractivity contribution < 1.29 is 17.9 Å². The van der Waals surface area contributed by atoms with E-state index in [1.54, 1.807) is 30.3 Å². The van der Waals surface area contributed by atoms with E-state index in [0.717, 1.165) is 0 Å². The standard InChI is InChI=1S/C20H16Cl2N2O4S/c1-28-16-8-6-14(7-9-16)24-29(26,27)17-4-2-3-15(12-17)23-20(25)13-5-10-18(21)19(22)11-13/h2-12,24H,1H3,(H,23,25). The van der Waals surface area contributed by atoms with Gasteiger partial charge in [-0.2, -0.15) is 0 Å². The van der Waals surface area contributed by atoms with Crippen LogP contribution in [0.2, 0.25) is 10.0 Å². The van der Waals surface area contributed by atoms with Crippen molar-refractivity contribution in [2.45, 2.75) is 4.90 Å². The maximum atomic E-state index is 12.7. The minimum absolute atomic E-state index is 0.000238. The molecule has 0 heterocycles. The van der Waals surface area contributed by atoms with Crippen LogP contribution < -0.4 is 14.8 Å². The van der Waals surface area contributed by atoms with Gasteiger partial charge in [-0.1, -0.05) is 29.3 Å². The van der Waals surface area contributed by atoms with E-state index in [0.29, 0.717) is 27.7 Å². The number of carbonyl (C=O) groups excluding carboxylic acids is 1. The lowest BCUT2D eigenvalue weighted by molar-refractivity contribution is 0.102. The fourth-order valence-electron chi connectivity index (χ4n) is 2.45. The third-order valence-corrected chi connectivity index (χ3v) is 6.04. The maximum absolute atomic E-state index is 12.7. The second-order valence-electron chi connectivity index (χ2n) is 5.94. The molecule has 0 atom stereocenters. The largest absolute Gasteiger partial charge is 0.497 e. The van der Waals surface area contributed by atoms with Crippen molar-refractivity contribution >= 4 is 50.5 Å². The van der Waals surface area contributed by atoms with Crippen LogP contribution in [0.5, 0.6) is 5.75 Å². The molecule has 2 N–H and O–H groups in total. The van der Waals surface area contributed by atoms with Gasteiger partial charge in [-0.25, -0.2) is 8.42 Å². The van der Waals surface area contributed by atoms with Gasteiger partial charge in [0.25, 0.3) is 15.9 Å². The normalized spacial score (nSPS) is 11.0. The van der Waals surface area contributed by atoms with Gasteiger partial charge < -0.3 is 10.1 Å². The van der Waals surface area contributed by atoms with Gasteiger partial charge in [-0.3, -0.25) is 9.52 Å². The fourth-order valence-corrected chi connectivity index (χ4v) is 3.86. The number of hydrogen-bond acceptors (Lipinski definition) is 4. The van der Waals surface area contributed by atoms with Crippen molar-refractivity contribution in [3.8, 4) is 5.75 Å². The molecule has 0 spiro atoms. The Morgan fingerprint density at radius 3 is 2.28 bits per heavy atom. The molecule has 3 aromatic carbocycles. The molecule has 0 aliphatic rings. The first kappa shape index (κ1) is 21.0. The molecule has 3 rings (SSSR count). The topological polar surface area (TPSA) is 84.5 Å². The monoisotopic (exact) mass is 450 g/mol. The molecule has 0 saturated heterocycles. The zero-order valence-electron chi connectivity index (χ0n) is 15.1. The number of anilines is 2.